The highest BCUT2D eigenvalue weighted by Gasteiger charge is 2.31. The zero-order valence-corrected chi connectivity index (χ0v) is 20.0. The lowest BCUT2D eigenvalue weighted by Gasteiger charge is -2.29. The lowest BCUT2D eigenvalue weighted by atomic mass is 9.99. The number of hydrogen-bond donors (Lipinski definition) is 2. The molecule has 1 aliphatic heterocycles. The van der Waals surface area contributed by atoms with Gasteiger partial charge in [0, 0.05) is 26.1 Å². The largest absolute Gasteiger partial charge is 0.489 e. The fourth-order valence-electron chi connectivity index (χ4n) is 5.17. The quantitative estimate of drug-likeness (QED) is 0.556. The molecule has 1 heterocycles. The van der Waals surface area contributed by atoms with Crippen LogP contribution in [0.2, 0.25) is 5.02 Å². The zero-order chi connectivity index (χ0) is 23.7. The molecule has 0 spiro atoms. The third kappa shape index (κ3) is 5.73. The summed E-state index contributed by atoms with van der Waals surface area (Å²) < 4.78 is 19.6. The average molecular weight is 487 g/mol. The Morgan fingerprint density at radius 3 is 2.53 bits per heavy atom. The van der Waals surface area contributed by atoms with E-state index >= 15 is 0 Å². The van der Waals surface area contributed by atoms with Gasteiger partial charge in [-0.05, 0) is 66.8 Å². The van der Waals surface area contributed by atoms with Crippen LogP contribution in [-0.2, 0) is 17.6 Å². The molecule has 1 saturated carbocycles. The minimum absolute atomic E-state index is 0.0855. The predicted octanol–water partition coefficient (Wildman–Crippen LogP) is 4.25. The second kappa shape index (κ2) is 10.2. The number of aliphatic hydroxyl groups excluding tert-OH is 1. The molecular formula is C27H32ClFN2O3. The van der Waals surface area contributed by atoms with Crippen molar-refractivity contribution in [1.29, 1.82) is 0 Å². The first-order valence-corrected chi connectivity index (χ1v) is 12.7. The van der Waals surface area contributed by atoms with E-state index in [9.17, 15) is 14.3 Å². The number of likely N-dealkylation sites (tertiary alicyclic amines) is 1. The van der Waals surface area contributed by atoms with Crippen molar-refractivity contribution in [1.82, 2.24) is 10.2 Å². The number of hydrogen-bond acceptors (Lipinski definition) is 4. The fourth-order valence-corrected chi connectivity index (χ4v) is 5.40. The van der Waals surface area contributed by atoms with Crippen molar-refractivity contribution < 1.29 is 19.0 Å². The molecular weight excluding hydrogens is 455 g/mol. The summed E-state index contributed by atoms with van der Waals surface area (Å²) in [6.07, 6.45) is 3.14. The highest BCUT2D eigenvalue weighted by Crippen LogP contribution is 2.34. The van der Waals surface area contributed by atoms with Gasteiger partial charge in [-0.15, -0.1) is 0 Å². The Hall–Kier alpha value is -2.15. The third-order valence-corrected chi connectivity index (χ3v) is 7.42. The van der Waals surface area contributed by atoms with Gasteiger partial charge in [0.25, 0.3) is 0 Å². The van der Waals surface area contributed by atoms with Crippen LogP contribution in [0, 0.1) is 5.92 Å². The van der Waals surface area contributed by atoms with Crippen LogP contribution in [-0.4, -0.2) is 53.9 Å². The van der Waals surface area contributed by atoms with E-state index in [1.54, 1.807) is 18.2 Å². The van der Waals surface area contributed by atoms with Crippen molar-refractivity contribution in [2.45, 2.75) is 62.9 Å². The van der Waals surface area contributed by atoms with Crippen LogP contribution in [0.5, 0.6) is 5.75 Å². The van der Waals surface area contributed by atoms with Crippen molar-refractivity contribution in [2.75, 3.05) is 19.6 Å². The molecule has 3 unspecified atom stereocenters. The van der Waals surface area contributed by atoms with E-state index in [0.29, 0.717) is 48.8 Å². The summed E-state index contributed by atoms with van der Waals surface area (Å²) in [6.45, 7) is 1.33. The maximum absolute atomic E-state index is 13.8. The second-order valence-electron chi connectivity index (χ2n) is 10.0. The SMILES string of the molecule is O=C(CC1Cc2ccccc2C1)NC(CN1CCC(F)C1)C(O)c1ccc(OC2CC2)c(Cl)c1. The monoisotopic (exact) mass is 486 g/mol. The number of benzene rings is 2. The van der Waals surface area contributed by atoms with Crippen LogP contribution in [0.15, 0.2) is 42.5 Å². The van der Waals surface area contributed by atoms with E-state index in [4.69, 9.17) is 16.3 Å². The molecule has 7 heteroatoms. The number of ether oxygens (including phenoxy) is 1. The predicted molar refractivity (Wildman–Crippen MR) is 130 cm³/mol. The summed E-state index contributed by atoms with van der Waals surface area (Å²) in [6, 6.07) is 13.0. The highest BCUT2D eigenvalue weighted by molar-refractivity contribution is 6.32. The topological polar surface area (TPSA) is 61.8 Å². The zero-order valence-electron chi connectivity index (χ0n) is 19.3. The summed E-state index contributed by atoms with van der Waals surface area (Å²) >= 11 is 6.42. The molecule has 5 rings (SSSR count). The van der Waals surface area contributed by atoms with Gasteiger partial charge in [-0.1, -0.05) is 41.9 Å². The summed E-state index contributed by atoms with van der Waals surface area (Å²) in [5.41, 5.74) is 3.24. The molecule has 2 aromatic rings. The van der Waals surface area contributed by atoms with Crippen LogP contribution >= 0.6 is 11.6 Å². The van der Waals surface area contributed by atoms with Crippen molar-refractivity contribution in [2.24, 2.45) is 5.92 Å². The Labute approximate surface area is 205 Å². The molecule has 0 radical (unpaired) electrons. The minimum atomic E-state index is -0.962. The van der Waals surface area contributed by atoms with Crippen LogP contribution in [0.3, 0.4) is 0 Å². The first kappa shape index (κ1) is 23.6. The van der Waals surface area contributed by atoms with Crippen LogP contribution in [0.4, 0.5) is 4.39 Å². The van der Waals surface area contributed by atoms with Gasteiger partial charge in [-0.25, -0.2) is 4.39 Å². The molecule has 182 valence electrons. The number of carbonyl (C=O) groups excluding carboxylic acids is 1. The maximum Gasteiger partial charge on any atom is 0.220 e. The molecule has 34 heavy (non-hydrogen) atoms. The summed E-state index contributed by atoms with van der Waals surface area (Å²) in [7, 11) is 0. The average Bonchev–Trinajstić information content (AvgIpc) is 3.39. The molecule has 1 amide bonds. The Morgan fingerprint density at radius 2 is 1.91 bits per heavy atom. The summed E-state index contributed by atoms with van der Waals surface area (Å²) in [4.78, 5) is 15.0. The number of amides is 1. The Balaban J connectivity index is 1.25. The van der Waals surface area contributed by atoms with Gasteiger partial charge in [0.2, 0.25) is 5.91 Å². The molecule has 2 aromatic carbocycles. The number of nitrogens with one attached hydrogen (secondary N) is 1. The van der Waals surface area contributed by atoms with Crippen LogP contribution in [0.25, 0.3) is 0 Å². The molecule has 0 bridgehead atoms. The normalized spacial score (nSPS) is 22.4. The Bertz CT molecular complexity index is 1010. The molecule has 3 atom stereocenters. The molecule has 0 aromatic heterocycles. The van der Waals surface area contributed by atoms with E-state index in [1.165, 1.54) is 11.1 Å². The van der Waals surface area contributed by atoms with E-state index in [1.807, 2.05) is 17.0 Å². The van der Waals surface area contributed by atoms with E-state index in [0.717, 1.165) is 25.7 Å². The minimum Gasteiger partial charge on any atom is -0.489 e. The Morgan fingerprint density at radius 1 is 1.18 bits per heavy atom. The molecule has 3 aliphatic rings. The van der Waals surface area contributed by atoms with Gasteiger partial charge in [0.15, 0.2) is 0 Å². The molecule has 2 N–H and O–H groups in total. The highest BCUT2D eigenvalue weighted by atomic mass is 35.5. The number of fused-ring (bicyclic) bond motifs is 1. The molecule has 1 saturated heterocycles. The van der Waals surface area contributed by atoms with Gasteiger partial charge in [-0.2, -0.15) is 0 Å². The number of aliphatic hydroxyl groups is 1. The van der Waals surface area contributed by atoms with Gasteiger partial charge in [-0.3, -0.25) is 9.69 Å². The van der Waals surface area contributed by atoms with Gasteiger partial charge in [0.1, 0.15) is 18.0 Å². The number of rotatable bonds is 9. The van der Waals surface area contributed by atoms with Crippen molar-refractivity contribution in [3.63, 3.8) is 0 Å². The third-order valence-electron chi connectivity index (χ3n) is 7.12. The van der Waals surface area contributed by atoms with Crippen molar-refractivity contribution >= 4 is 17.5 Å². The number of alkyl halides is 1. The number of nitrogens with zero attached hydrogens (tertiary/aromatic N) is 1. The van der Waals surface area contributed by atoms with Crippen molar-refractivity contribution in [3.8, 4) is 5.75 Å². The summed E-state index contributed by atoms with van der Waals surface area (Å²) in [5, 5.41) is 14.7. The first-order chi connectivity index (χ1) is 16.4. The fraction of sp³-hybridized carbons (Fsp3) is 0.519. The van der Waals surface area contributed by atoms with Crippen LogP contribution in [0.1, 0.15) is 48.5 Å². The number of carbonyl (C=O) groups is 1. The van der Waals surface area contributed by atoms with E-state index in [-0.39, 0.29) is 17.9 Å². The Kier molecular flexibility index (Phi) is 7.09. The lowest BCUT2D eigenvalue weighted by Crippen LogP contribution is -2.47. The molecule has 2 fully saturated rings. The van der Waals surface area contributed by atoms with E-state index in [2.05, 4.69) is 17.4 Å². The standard InChI is InChI=1S/C27H32ClFN2O3/c28-23-14-20(5-8-25(23)34-22-6-7-22)27(33)24(16-31-10-9-21(29)15-31)30-26(32)13-17-11-18-3-1-2-4-19(18)12-17/h1-5,8,14,17,21-22,24,27,33H,6-7,9-13,15-16H2,(H,30,32). The lowest BCUT2D eigenvalue weighted by molar-refractivity contribution is -0.123. The van der Waals surface area contributed by atoms with Gasteiger partial charge >= 0.3 is 0 Å². The van der Waals surface area contributed by atoms with Gasteiger partial charge < -0.3 is 15.2 Å². The smallest absolute Gasteiger partial charge is 0.220 e. The second-order valence-corrected chi connectivity index (χ2v) is 10.4. The summed E-state index contributed by atoms with van der Waals surface area (Å²) in [5.74, 6) is 0.782. The number of halogens is 2. The first-order valence-electron chi connectivity index (χ1n) is 12.3. The van der Waals surface area contributed by atoms with Crippen molar-refractivity contribution in [3.05, 3.63) is 64.2 Å². The molecule has 2 aliphatic carbocycles. The van der Waals surface area contributed by atoms with E-state index < -0.39 is 18.3 Å². The maximum atomic E-state index is 13.8. The molecule has 5 nitrogen and oxygen atoms in total. The van der Waals surface area contributed by atoms with Crippen LogP contribution < -0.4 is 10.1 Å². The van der Waals surface area contributed by atoms with Gasteiger partial charge in [0.05, 0.1) is 17.2 Å².